The molecule has 0 radical (unpaired) electrons. The summed E-state index contributed by atoms with van der Waals surface area (Å²) in [4.78, 5) is 0.193. The molecule has 2 bridgehead atoms. The third kappa shape index (κ3) is 2.67. The Morgan fingerprint density at radius 3 is 2.79 bits per heavy atom. The number of sulfonamides is 1. The maximum Gasteiger partial charge on any atom is 0.240 e. The first kappa shape index (κ1) is 15.5. The summed E-state index contributed by atoms with van der Waals surface area (Å²) in [6.07, 6.45) is 5.88. The maximum atomic E-state index is 12.7. The van der Waals surface area contributed by atoms with E-state index in [1.807, 2.05) is 0 Å². The lowest BCUT2D eigenvalue weighted by Crippen LogP contribution is -2.38. The van der Waals surface area contributed by atoms with Crippen molar-refractivity contribution in [3.8, 4) is 11.4 Å². The van der Waals surface area contributed by atoms with Crippen LogP contribution in [0.4, 0.5) is 0 Å². The minimum atomic E-state index is -3.58. The third-order valence-corrected chi connectivity index (χ3v) is 6.59. The van der Waals surface area contributed by atoms with Crippen LogP contribution in [0.2, 0.25) is 0 Å². The van der Waals surface area contributed by atoms with Crippen LogP contribution in [0.1, 0.15) is 25.7 Å². The Morgan fingerprint density at radius 1 is 1.29 bits per heavy atom. The van der Waals surface area contributed by atoms with Gasteiger partial charge in [-0.05, 0) is 53.7 Å². The Morgan fingerprint density at radius 2 is 2.17 bits per heavy atom. The minimum absolute atomic E-state index is 0.0546. The highest BCUT2D eigenvalue weighted by atomic mass is 32.2. The average Bonchev–Trinajstić information content (AvgIpc) is 3.31. The number of hydrogen-bond donors (Lipinski definition) is 1. The zero-order valence-corrected chi connectivity index (χ0v) is 14.1. The molecule has 4 rings (SSSR count). The van der Waals surface area contributed by atoms with Gasteiger partial charge in [-0.15, -0.1) is 5.10 Å². The molecule has 0 aliphatic heterocycles. The predicted molar refractivity (Wildman–Crippen MR) is 85.3 cm³/mol. The van der Waals surface area contributed by atoms with Gasteiger partial charge in [0, 0.05) is 12.1 Å². The lowest BCUT2D eigenvalue weighted by molar-refractivity contribution is 0.389. The number of hydrogen-bond acceptors (Lipinski definition) is 6. The fraction of sp³-hybridized carbons (Fsp3) is 0.533. The Labute approximate surface area is 140 Å². The molecular weight excluding hydrogens is 330 g/mol. The Kier molecular flexibility index (Phi) is 3.76. The molecule has 2 fully saturated rings. The highest BCUT2D eigenvalue weighted by Gasteiger charge is 2.41. The van der Waals surface area contributed by atoms with Crippen molar-refractivity contribution in [3.63, 3.8) is 0 Å². The third-order valence-electron chi connectivity index (χ3n) is 5.10. The number of nitrogens with zero attached hydrogens (tertiary/aromatic N) is 4. The van der Waals surface area contributed by atoms with Gasteiger partial charge in [0.1, 0.15) is 17.8 Å². The minimum Gasteiger partial charge on any atom is -0.494 e. The van der Waals surface area contributed by atoms with Gasteiger partial charge in [0.15, 0.2) is 0 Å². The molecule has 1 heterocycles. The molecular formula is C15H19N5O3S. The molecule has 128 valence electrons. The molecule has 2 aromatic rings. The number of rotatable bonds is 5. The van der Waals surface area contributed by atoms with Crippen LogP contribution in [-0.2, 0) is 10.0 Å². The summed E-state index contributed by atoms with van der Waals surface area (Å²) in [5, 5.41) is 11.0. The highest BCUT2D eigenvalue weighted by molar-refractivity contribution is 7.89. The summed E-state index contributed by atoms with van der Waals surface area (Å²) in [7, 11) is -2.09. The molecule has 0 amide bonds. The van der Waals surface area contributed by atoms with Crippen molar-refractivity contribution in [1.29, 1.82) is 0 Å². The van der Waals surface area contributed by atoms with Crippen molar-refractivity contribution in [3.05, 3.63) is 24.5 Å². The van der Waals surface area contributed by atoms with Gasteiger partial charge in [-0.2, -0.15) is 4.68 Å². The standard InChI is InChI=1S/C15H19N5O3S/c1-23-15-8-12(4-5-14(15)20-9-16-18-19-20)24(21,22)17-13-7-10-2-3-11(13)6-10/h4-5,8-11,13,17H,2-3,6-7H2,1H3/t10-,11+,13-/m0/s1. The van der Waals surface area contributed by atoms with E-state index in [0.29, 0.717) is 23.3 Å². The van der Waals surface area contributed by atoms with Crippen molar-refractivity contribution in [1.82, 2.24) is 24.9 Å². The number of methoxy groups -OCH3 is 1. The van der Waals surface area contributed by atoms with Crippen molar-refractivity contribution in [2.24, 2.45) is 11.8 Å². The molecule has 2 aliphatic carbocycles. The number of tetrazole rings is 1. The molecule has 2 aliphatic rings. The topological polar surface area (TPSA) is 99.0 Å². The SMILES string of the molecule is COc1cc(S(=O)(=O)N[C@H]2C[C@H]3CC[C@@H]2C3)ccc1-n1cnnn1. The van der Waals surface area contributed by atoms with Crippen molar-refractivity contribution in [2.75, 3.05) is 7.11 Å². The van der Waals surface area contributed by atoms with E-state index in [-0.39, 0.29) is 10.9 Å². The van der Waals surface area contributed by atoms with Gasteiger partial charge in [-0.25, -0.2) is 13.1 Å². The van der Waals surface area contributed by atoms with Crippen LogP contribution in [0.15, 0.2) is 29.4 Å². The molecule has 1 N–H and O–H groups in total. The van der Waals surface area contributed by atoms with Crippen molar-refractivity contribution >= 4 is 10.0 Å². The van der Waals surface area contributed by atoms with E-state index >= 15 is 0 Å². The van der Waals surface area contributed by atoms with E-state index in [1.165, 1.54) is 30.6 Å². The molecule has 2 saturated carbocycles. The van der Waals surface area contributed by atoms with Gasteiger partial charge >= 0.3 is 0 Å². The van der Waals surface area contributed by atoms with Gasteiger partial charge in [-0.1, -0.05) is 6.42 Å². The van der Waals surface area contributed by atoms with E-state index in [1.54, 1.807) is 12.1 Å². The molecule has 8 nitrogen and oxygen atoms in total. The second-order valence-electron chi connectivity index (χ2n) is 6.49. The highest BCUT2D eigenvalue weighted by Crippen LogP contribution is 2.44. The second-order valence-corrected chi connectivity index (χ2v) is 8.20. The van der Waals surface area contributed by atoms with Crippen LogP contribution in [0.3, 0.4) is 0 Å². The molecule has 3 atom stereocenters. The van der Waals surface area contributed by atoms with Crippen LogP contribution in [-0.4, -0.2) is 41.8 Å². The summed E-state index contributed by atoms with van der Waals surface area (Å²) in [6, 6.07) is 4.76. The fourth-order valence-corrected chi connectivity index (χ4v) is 5.28. The monoisotopic (exact) mass is 349 g/mol. The quantitative estimate of drug-likeness (QED) is 0.869. The second kappa shape index (κ2) is 5.82. The van der Waals surface area contributed by atoms with E-state index in [9.17, 15) is 8.42 Å². The summed E-state index contributed by atoms with van der Waals surface area (Å²) < 4.78 is 35.1. The number of benzene rings is 1. The molecule has 9 heteroatoms. The predicted octanol–water partition coefficient (Wildman–Crippen LogP) is 1.14. The Balaban J connectivity index is 1.61. The number of ether oxygens (including phenoxy) is 1. The number of nitrogens with one attached hydrogen (secondary N) is 1. The number of fused-ring (bicyclic) bond motifs is 2. The first-order valence-corrected chi connectivity index (χ1v) is 9.49. The molecule has 0 spiro atoms. The number of aromatic nitrogens is 4. The lowest BCUT2D eigenvalue weighted by Gasteiger charge is -2.23. The van der Waals surface area contributed by atoms with Crippen LogP contribution in [0, 0.1) is 11.8 Å². The Hall–Kier alpha value is -2.00. The van der Waals surface area contributed by atoms with Crippen LogP contribution in [0.25, 0.3) is 5.69 Å². The van der Waals surface area contributed by atoms with Crippen molar-refractivity contribution in [2.45, 2.75) is 36.6 Å². The zero-order chi connectivity index (χ0) is 16.7. The van der Waals surface area contributed by atoms with Crippen LogP contribution in [0.5, 0.6) is 5.75 Å². The van der Waals surface area contributed by atoms with E-state index in [0.717, 1.165) is 19.3 Å². The van der Waals surface area contributed by atoms with E-state index < -0.39 is 10.0 Å². The van der Waals surface area contributed by atoms with Gasteiger partial charge in [0.05, 0.1) is 12.0 Å². The molecule has 1 aromatic heterocycles. The summed E-state index contributed by atoms with van der Waals surface area (Å²) >= 11 is 0. The lowest BCUT2D eigenvalue weighted by atomic mass is 9.96. The summed E-state index contributed by atoms with van der Waals surface area (Å²) in [5.41, 5.74) is 0.585. The van der Waals surface area contributed by atoms with E-state index in [2.05, 4.69) is 20.2 Å². The van der Waals surface area contributed by atoms with Gasteiger partial charge < -0.3 is 4.74 Å². The smallest absolute Gasteiger partial charge is 0.240 e. The fourth-order valence-electron chi connectivity index (χ4n) is 3.94. The van der Waals surface area contributed by atoms with Gasteiger partial charge in [-0.3, -0.25) is 0 Å². The van der Waals surface area contributed by atoms with Gasteiger partial charge in [0.25, 0.3) is 0 Å². The van der Waals surface area contributed by atoms with Gasteiger partial charge in [0.2, 0.25) is 10.0 Å². The van der Waals surface area contributed by atoms with Crippen molar-refractivity contribution < 1.29 is 13.2 Å². The maximum absolute atomic E-state index is 12.7. The largest absolute Gasteiger partial charge is 0.494 e. The summed E-state index contributed by atoms with van der Waals surface area (Å²) in [6.45, 7) is 0. The average molecular weight is 349 g/mol. The van der Waals surface area contributed by atoms with E-state index in [4.69, 9.17) is 4.74 Å². The molecule has 0 saturated heterocycles. The molecule has 1 aromatic carbocycles. The normalized spacial score (nSPS) is 26.0. The summed E-state index contributed by atoms with van der Waals surface area (Å²) in [5.74, 6) is 1.56. The first-order chi connectivity index (χ1) is 11.6. The molecule has 0 unspecified atom stereocenters. The zero-order valence-electron chi connectivity index (χ0n) is 13.3. The molecule has 24 heavy (non-hydrogen) atoms. The van der Waals surface area contributed by atoms with Crippen LogP contribution >= 0.6 is 0 Å². The Bertz CT molecular complexity index is 837. The van der Waals surface area contributed by atoms with Crippen LogP contribution < -0.4 is 9.46 Å². The first-order valence-electron chi connectivity index (χ1n) is 8.00.